The summed E-state index contributed by atoms with van der Waals surface area (Å²) < 4.78 is 0. The SMILES string of the molecule is Cc1nc(CNC(=O)C2CC2(C)C)sc1C(=O)O. The number of hydrogen-bond donors (Lipinski definition) is 2. The van der Waals surface area contributed by atoms with Crippen molar-refractivity contribution in [3.63, 3.8) is 0 Å². The monoisotopic (exact) mass is 268 g/mol. The van der Waals surface area contributed by atoms with Gasteiger partial charge in [0, 0.05) is 5.92 Å². The van der Waals surface area contributed by atoms with Crippen LogP contribution in [0, 0.1) is 18.3 Å². The zero-order valence-electron chi connectivity index (χ0n) is 10.6. The van der Waals surface area contributed by atoms with Gasteiger partial charge in [-0.2, -0.15) is 0 Å². The van der Waals surface area contributed by atoms with Crippen LogP contribution in [0.2, 0.25) is 0 Å². The Bertz CT molecular complexity index is 507. The van der Waals surface area contributed by atoms with Crippen molar-refractivity contribution in [2.24, 2.45) is 11.3 Å². The summed E-state index contributed by atoms with van der Waals surface area (Å²) in [4.78, 5) is 27.0. The van der Waals surface area contributed by atoms with E-state index in [1.165, 1.54) is 0 Å². The van der Waals surface area contributed by atoms with Crippen molar-refractivity contribution >= 4 is 23.2 Å². The van der Waals surface area contributed by atoms with E-state index in [9.17, 15) is 9.59 Å². The van der Waals surface area contributed by atoms with Gasteiger partial charge >= 0.3 is 5.97 Å². The van der Waals surface area contributed by atoms with E-state index in [0.717, 1.165) is 17.8 Å². The highest BCUT2D eigenvalue weighted by molar-refractivity contribution is 7.13. The molecule has 5 nitrogen and oxygen atoms in total. The van der Waals surface area contributed by atoms with Gasteiger partial charge < -0.3 is 10.4 Å². The normalized spacial score (nSPS) is 20.5. The summed E-state index contributed by atoms with van der Waals surface area (Å²) in [5.74, 6) is -0.854. The van der Waals surface area contributed by atoms with Crippen LogP contribution in [0.1, 0.15) is 40.6 Å². The zero-order valence-corrected chi connectivity index (χ0v) is 11.4. The third-order valence-electron chi connectivity index (χ3n) is 3.28. The smallest absolute Gasteiger partial charge is 0.347 e. The number of aryl methyl sites for hydroxylation is 1. The number of nitrogens with one attached hydrogen (secondary N) is 1. The van der Waals surface area contributed by atoms with Gasteiger partial charge in [-0.05, 0) is 18.8 Å². The van der Waals surface area contributed by atoms with Crippen LogP contribution >= 0.6 is 11.3 Å². The molecule has 1 unspecified atom stereocenters. The van der Waals surface area contributed by atoms with Gasteiger partial charge in [0.05, 0.1) is 12.2 Å². The first kappa shape index (κ1) is 13.0. The number of nitrogens with zero attached hydrogens (tertiary/aromatic N) is 1. The van der Waals surface area contributed by atoms with Gasteiger partial charge in [0.25, 0.3) is 0 Å². The molecule has 6 heteroatoms. The Labute approximate surface area is 109 Å². The maximum atomic E-state index is 11.8. The molecule has 18 heavy (non-hydrogen) atoms. The maximum Gasteiger partial charge on any atom is 0.347 e. The van der Waals surface area contributed by atoms with E-state index < -0.39 is 5.97 Å². The van der Waals surface area contributed by atoms with Crippen molar-refractivity contribution in [2.45, 2.75) is 33.7 Å². The molecule has 1 aliphatic rings. The molecular formula is C12H16N2O3S. The van der Waals surface area contributed by atoms with E-state index in [1.807, 2.05) is 0 Å². The minimum absolute atomic E-state index is 0.0322. The highest BCUT2D eigenvalue weighted by Crippen LogP contribution is 2.51. The second kappa shape index (κ2) is 4.35. The van der Waals surface area contributed by atoms with Crippen LogP contribution in [0.5, 0.6) is 0 Å². The summed E-state index contributed by atoms with van der Waals surface area (Å²) in [5.41, 5.74) is 0.609. The Hall–Kier alpha value is -1.43. The summed E-state index contributed by atoms with van der Waals surface area (Å²) in [6.07, 6.45) is 0.913. The summed E-state index contributed by atoms with van der Waals surface area (Å²) in [6, 6.07) is 0. The van der Waals surface area contributed by atoms with E-state index in [2.05, 4.69) is 24.1 Å². The number of carbonyl (C=O) groups excluding carboxylic acids is 1. The third-order valence-corrected chi connectivity index (χ3v) is 4.42. The number of thiazole rings is 1. The molecule has 1 fully saturated rings. The summed E-state index contributed by atoms with van der Waals surface area (Å²) in [5, 5.41) is 12.4. The Morgan fingerprint density at radius 1 is 1.56 bits per heavy atom. The number of amides is 1. The largest absolute Gasteiger partial charge is 0.477 e. The fraction of sp³-hybridized carbons (Fsp3) is 0.583. The molecule has 2 rings (SSSR count). The van der Waals surface area contributed by atoms with Crippen LogP contribution in [0.15, 0.2) is 0 Å². The molecule has 0 bridgehead atoms. The molecule has 98 valence electrons. The summed E-state index contributed by atoms with van der Waals surface area (Å²) >= 11 is 1.12. The van der Waals surface area contributed by atoms with E-state index in [0.29, 0.717) is 17.2 Å². The first-order chi connectivity index (χ1) is 8.31. The lowest BCUT2D eigenvalue weighted by atomic mass is 10.1. The first-order valence-corrected chi connectivity index (χ1v) is 6.60. The Kier molecular flexibility index (Phi) is 3.14. The second-order valence-corrected chi connectivity index (χ2v) is 6.37. The Morgan fingerprint density at radius 3 is 2.61 bits per heavy atom. The van der Waals surface area contributed by atoms with Crippen molar-refractivity contribution in [3.8, 4) is 0 Å². The maximum absolute atomic E-state index is 11.8. The third kappa shape index (κ3) is 2.53. The summed E-state index contributed by atoms with van der Waals surface area (Å²) in [7, 11) is 0. The van der Waals surface area contributed by atoms with Gasteiger partial charge in [-0.15, -0.1) is 11.3 Å². The number of carboxylic acid groups (broad SMARTS) is 1. The molecule has 1 aromatic rings. The molecule has 1 saturated carbocycles. The highest BCUT2D eigenvalue weighted by atomic mass is 32.1. The topological polar surface area (TPSA) is 79.3 Å². The highest BCUT2D eigenvalue weighted by Gasteiger charge is 2.50. The van der Waals surface area contributed by atoms with Crippen LogP contribution in [-0.4, -0.2) is 22.0 Å². The molecule has 1 aromatic heterocycles. The number of carboxylic acids is 1. The van der Waals surface area contributed by atoms with Crippen LogP contribution in [-0.2, 0) is 11.3 Å². The Balaban J connectivity index is 1.93. The molecule has 1 atom stereocenters. The van der Waals surface area contributed by atoms with E-state index in [4.69, 9.17) is 5.11 Å². The lowest BCUT2D eigenvalue weighted by molar-refractivity contribution is -0.123. The molecule has 0 aliphatic heterocycles. The van der Waals surface area contributed by atoms with E-state index in [1.54, 1.807) is 6.92 Å². The van der Waals surface area contributed by atoms with Gasteiger partial charge in [0.1, 0.15) is 9.88 Å². The second-order valence-electron chi connectivity index (χ2n) is 5.29. The average Bonchev–Trinajstić information content (AvgIpc) is 2.73. The molecule has 0 radical (unpaired) electrons. The number of hydrogen-bond acceptors (Lipinski definition) is 4. The molecule has 1 amide bonds. The van der Waals surface area contributed by atoms with Gasteiger partial charge in [0.2, 0.25) is 5.91 Å². The first-order valence-electron chi connectivity index (χ1n) is 5.78. The zero-order chi connectivity index (χ0) is 13.5. The van der Waals surface area contributed by atoms with Gasteiger partial charge in [0.15, 0.2) is 0 Å². The van der Waals surface area contributed by atoms with E-state index in [-0.39, 0.29) is 22.1 Å². The fourth-order valence-corrected chi connectivity index (χ4v) is 2.77. The molecule has 0 saturated heterocycles. The predicted octanol–water partition coefficient (Wildman–Crippen LogP) is 1.81. The lowest BCUT2D eigenvalue weighted by Crippen LogP contribution is -2.25. The van der Waals surface area contributed by atoms with Crippen molar-refractivity contribution < 1.29 is 14.7 Å². The van der Waals surface area contributed by atoms with Gasteiger partial charge in [-0.1, -0.05) is 13.8 Å². The predicted molar refractivity (Wildman–Crippen MR) is 67.5 cm³/mol. The standard InChI is InChI=1S/C12H16N2O3S/c1-6-9(11(16)17)18-8(14-6)5-13-10(15)7-4-12(7,2)3/h7H,4-5H2,1-3H3,(H,13,15)(H,16,17). The van der Waals surface area contributed by atoms with E-state index >= 15 is 0 Å². The number of rotatable bonds is 4. The van der Waals surface area contributed by atoms with Crippen molar-refractivity contribution in [1.82, 2.24) is 10.3 Å². The fourth-order valence-electron chi connectivity index (χ4n) is 1.93. The molecule has 0 spiro atoms. The van der Waals surface area contributed by atoms with Gasteiger partial charge in [-0.25, -0.2) is 9.78 Å². The molecule has 0 aromatic carbocycles. The molecule has 1 aliphatic carbocycles. The van der Waals surface area contributed by atoms with Crippen molar-refractivity contribution in [2.75, 3.05) is 0 Å². The molecule has 2 N–H and O–H groups in total. The number of carbonyl (C=O) groups is 2. The number of aromatic carboxylic acids is 1. The minimum Gasteiger partial charge on any atom is -0.477 e. The molecule has 1 heterocycles. The Morgan fingerprint density at radius 2 is 2.17 bits per heavy atom. The summed E-state index contributed by atoms with van der Waals surface area (Å²) in [6.45, 7) is 6.10. The van der Waals surface area contributed by atoms with Crippen LogP contribution in [0.25, 0.3) is 0 Å². The quantitative estimate of drug-likeness (QED) is 0.873. The van der Waals surface area contributed by atoms with Crippen LogP contribution < -0.4 is 5.32 Å². The molecular weight excluding hydrogens is 252 g/mol. The van der Waals surface area contributed by atoms with Crippen LogP contribution in [0.3, 0.4) is 0 Å². The van der Waals surface area contributed by atoms with Gasteiger partial charge in [-0.3, -0.25) is 4.79 Å². The minimum atomic E-state index is -0.967. The number of aromatic nitrogens is 1. The van der Waals surface area contributed by atoms with Crippen molar-refractivity contribution in [1.29, 1.82) is 0 Å². The average molecular weight is 268 g/mol. The lowest BCUT2D eigenvalue weighted by Gasteiger charge is -2.04. The van der Waals surface area contributed by atoms with Crippen LogP contribution in [0.4, 0.5) is 0 Å². The van der Waals surface area contributed by atoms with Crippen molar-refractivity contribution in [3.05, 3.63) is 15.6 Å².